The van der Waals surface area contributed by atoms with Crippen LogP contribution in [0, 0.1) is 0 Å². The zero-order valence-electron chi connectivity index (χ0n) is 10.4. The third-order valence-electron chi connectivity index (χ3n) is 2.28. The number of nitrogens with zero attached hydrogens (tertiary/aromatic N) is 1. The van der Waals surface area contributed by atoms with E-state index in [1.807, 2.05) is 13.8 Å². The van der Waals surface area contributed by atoms with E-state index in [-0.39, 0.29) is 12.5 Å². The highest BCUT2D eigenvalue weighted by Gasteiger charge is 2.27. The van der Waals surface area contributed by atoms with Crippen LogP contribution in [0.3, 0.4) is 0 Å². The lowest BCUT2D eigenvalue weighted by molar-refractivity contribution is -0.150. The van der Waals surface area contributed by atoms with Crippen molar-refractivity contribution in [2.45, 2.75) is 39.7 Å². The minimum absolute atomic E-state index is 0.237. The van der Waals surface area contributed by atoms with E-state index in [1.54, 1.807) is 11.8 Å². The van der Waals surface area contributed by atoms with Crippen LogP contribution in [-0.2, 0) is 14.3 Å². The van der Waals surface area contributed by atoms with Gasteiger partial charge in [0.15, 0.2) is 6.04 Å². The number of unbranched alkanes of at least 4 members (excludes halogenated alkanes) is 1. The van der Waals surface area contributed by atoms with Crippen LogP contribution in [0.1, 0.15) is 33.6 Å². The summed E-state index contributed by atoms with van der Waals surface area (Å²) in [7, 11) is 0. The largest absolute Gasteiger partial charge is 0.464 e. The van der Waals surface area contributed by atoms with Crippen LogP contribution in [0.5, 0.6) is 0 Å². The van der Waals surface area contributed by atoms with Crippen LogP contribution < -0.4 is 5.73 Å². The van der Waals surface area contributed by atoms with Crippen LogP contribution >= 0.6 is 0 Å². The Kier molecular flexibility index (Phi) is 7.54. The molecule has 2 N–H and O–H groups in total. The van der Waals surface area contributed by atoms with E-state index < -0.39 is 12.0 Å². The molecule has 0 aliphatic carbocycles. The summed E-state index contributed by atoms with van der Waals surface area (Å²) in [6.07, 6.45) is 1.91. The number of ether oxygens (including phenoxy) is 1. The number of amides is 1. The molecule has 0 saturated heterocycles. The van der Waals surface area contributed by atoms with Crippen molar-refractivity contribution >= 4 is 11.9 Å². The molecule has 0 aromatic carbocycles. The van der Waals surface area contributed by atoms with Gasteiger partial charge in [-0.25, -0.2) is 4.79 Å². The molecule has 0 fully saturated rings. The maximum atomic E-state index is 11.8. The highest BCUT2D eigenvalue weighted by atomic mass is 16.5. The first kappa shape index (κ1) is 14.9. The minimum Gasteiger partial charge on any atom is -0.464 e. The minimum atomic E-state index is -1.18. The number of carbonyl (C=O) groups is 2. The number of esters is 1. The van der Waals surface area contributed by atoms with Crippen LogP contribution in [0.4, 0.5) is 0 Å². The molecule has 5 nitrogen and oxygen atoms in total. The Bertz CT molecular complexity index is 231. The molecule has 94 valence electrons. The lowest BCUT2D eigenvalue weighted by Crippen LogP contribution is -2.49. The van der Waals surface area contributed by atoms with Crippen molar-refractivity contribution < 1.29 is 14.3 Å². The average molecular weight is 230 g/mol. The molecule has 16 heavy (non-hydrogen) atoms. The Morgan fingerprint density at radius 1 is 1.31 bits per heavy atom. The molecular weight excluding hydrogens is 208 g/mol. The van der Waals surface area contributed by atoms with E-state index in [0.29, 0.717) is 13.1 Å². The van der Waals surface area contributed by atoms with E-state index in [2.05, 4.69) is 0 Å². The first-order valence-electron chi connectivity index (χ1n) is 5.79. The fourth-order valence-electron chi connectivity index (χ4n) is 1.30. The lowest BCUT2D eigenvalue weighted by Gasteiger charge is -2.23. The number of rotatable bonds is 7. The summed E-state index contributed by atoms with van der Waals surface area (Å²) in [5, 5.41) is 0. The van der Waals surface area contributed by atoms with Crippen molar-refractivity contribution in [1.29, 1.82) is 0 Å². The van der Waals surface area contributed by atoms with Gasteiger partial charge in [-0.05, 0) is 20.3 Å². The molecule has 0 saturated carbocycles. The summed E-state index contributed by atoms with van der Waals surface area (Å²) < 4.78 is 4.71. The Morgan fingerprint density at radius 3 is 2.38 bits per heavy atom. The molecule has 0 aromatic rings. The van der Waals surface area contributed by atoms with E-state index in [4.69, 9.17) is 10.5 Å². The van der Waals surface area contributed by atoms with E-state index in [0.717, 1.165) is 12.8 Å². The summed E-state index contributed by atoms with van der Waals surface area (Å²) in [6.45, 7) is 7.03. The number of hydrogen-bond donors (Lipinski definition) is 1. The smallest absolute Gasteiger partial charge is 0.332 e. The normalized spacial score (nSPS) is 12.0. The number of likely N-dealkylation sites (N-methyl/N-ethyl adjacent to an activating group) is 1. The van der Waals surface area contributed by atoms with Gasteiger partial charge < -0.3 is 15.4 Å². The van der Waals surface area contributed by atoms with Crippen molar-refractivity contribution in [2.24, 2.45) is 5.73 Å². The number of nitrogens with two attached hydrogens (primary N) is 1. The second kappa shape index (κ2) is 8.10. The van der Waals surface area contributed by atoms with Crippen molar-refractivity contribution in [2.75, 3.05) is 19.7 Å². The summed E-state index contributed by atoms with van der Waals surface area (Å²) >= 11 is 0. The van der Waals surface area contributed by atoms with Crippen LogP contribution in [0.15, 0.2) is 0 Å². The van der Waals surface area contributed by atoms with Gasteiger partial charge in [-0.3, -0.25) is 4.79 Å². The monoisotopic (exact) mass is 230 g/mol. The summed E-state index contributed by atoms with van der Waals surface area (Å²) in [5.41, 5.74) is 5.53. The highest BCUT2D eigenvalue weighted by molar-refractivity contribution is 6.01. The molecule has 1 atom stereocenters. The maximum Gasteiger partial charge on any atom is 0.332 e. The van der Waals surface area contributed by atoms with Crippen LogP contribution in [0.25, 0.3) is 0 Å². The van der Waals surface area contributed by atoms with Gasteiger partial charge in [0.2, 0.25) is 0 Å². The fraction of sp³-hybridized carbons (Fsp3) is 0.818. The van der Waals surface area contributed by atoms with Crippen molar-refractivity contribution in [1.82, 2.24) is 4.90 Å². The molecule has 1 unspecified atom stereocenters. The zero-order valence-corrected chi connectivity index (χ0v) is 10.4. The lowest BCUT2D eigenvalue weighted by atomic mass is 10.2. The van der Waals surface area contributed by atoms with E-state index in [9.17, 15) is 9.59 Å². The highest BCUT2D eigenvalue weighted by Crippen LogP contribution is 1.99. The number of hydrogen-bond acceptors (Lipinski definition) is 4. The van der Waals surface area contributed by atoms with Gasteiger partial charge in [0, 0.05) is 13.1 Å². The van der Waals surface area contributed by atoms with Crippen LogP contribution in [0.2, 0.25) is 0 Å². The second-order valence-electron chi connectivity index (χ2n) is 3.50. The predicted octanol–water partition coefficient (Wildman–Crippen LogP) is 0.525. The molecule has 0 bridgehead atoms. The van der Waals surface area contributed by atoms with Gasteiger partial charge in [0.1, 0.15) is 0 Å². The van der Waals surface area contributed by atoms with Gasteiger partial charge in [-0.2, -0.15) is 0 Å². The molecule has 1 amide bonds. The van der Waals surface area contributed by atoms with Gasteiger partial charge in [-0.1, -0.05) is 13.3 Å². The van der Waals surface area contributed by atoms with Crippen molar-refractivity contribution in [3.05, 3.63) is 0 Å². The molecule has 0 aliphatic heterocycles. The maximum absolute atomic E-state index is 11.8. The van der Waals surface area contributed by atoms with Gasteiger partial charge >= 0.3 is 5.97 Å². The van der Waals surface area contributed by atoms with E-state index in [1.165, 1.54) is 0 Å². The van der Waals surface area contributed by atoms with Gasteiger partial charge in [-0.15, -0.1) is 0 Å². The molecule has 0 spiro atoms. The topological polar surface area (TPSA) is 72.6 Å². The summed E-state index contributed by atoms with van der Waals surface area (Å²) in [5.74, 6) is -1.00. The van der Waals surface area contributed by atoms with Crippen molar-refractivity contribution in [3.63, 3.8) is 0 Å². The summed E-state index contributed by atoms with van der Waals surface area (Å²) in [4.78, 5) is 24.7. The molecule has 0 aliphatic rings. The van der Waals surface area contributed by atoms with Crippen LogP contribution in [-0.4, -0.2) is 42.5 Å². The van der Waals surface area contributed by atoms with Crippen molar-refractivity contribution in [3.8, 4) is 0 Å². The third-order valence-corrected chi connectivity index (χ3v) is 2.28. The molecule has 0 radical (unpaired) electrons. The SMILES string of the molecule is CCCCN(CC)C(=O)C(N)C(=O)OCC. The Labute approximate surface area is 96.9 Å². The number of carbonyl (C=O) groups excluding carboxylic acids is 2. The molecule has 0 aromatic heterocycles. The third kappa shape index (κ3) is 4.61. The van der Waals surface area contributed by atoms with Gasteiger partial charge in [0.25, 0.3) is 5.91 Å². The standard InChI is InChI=1S/C11H22N2O3/c1-4-7-8-13(5-2)10(14)9(12)11(15)16-6-3/h9H,4-8,12H2,1-3H3. The quantitative estimate of drug-likeness (QED) is 0.511. The molecule has 0 heterocycles. The van der Waals surface area contributed by atoms with E-state index >= 15 is 0 Å². The summed E-state index contributed by atoms with van der Waals surface area (Å²) in [6, 6.07) is -1.18. The first-order chi connectivity index (χ1) is 7.58. The Hall–Kier alpha value is -1.10. The second-order valence-corrected chi connectivity index (χ2v) is 3.50. The first-order valence-corrected chi connectivity index (χ1v) is 5.79. The Balaban J connectivity index is 4.31. The fourth-order valence-corrected chi connectivity index (χ4v) is 1.30. The molecule has 5 heteroatoms. The molecule has 0 rings (SSSR count). The Morgan fingerprint density at radius 2 is 1.94 bits per heavy atom. The predicted molar refractivity (Wildman–Crippen MR) is 61.8 cm³/mol. The van der Waals surface area contributed by atoms with Gasteiger partial charge in [0.05, 0.1) is 6.61 Å². The molecular formula is C11H22N2O3. The average Bonchev–Trinajstić information content (AvgIpc) is 2.29. The zero-order chi connectivity index (χ0) is 12.6.